The van der Waals surface area contributed by atoms with Gasteiger partial charge in [0.15, 0.2) is 5.75 Å². The van der Waals surface area contributed by atoms with Gasteiger partial charge in [-0.25, -0.2) is 36.9 Å². The van der Waals surface area contributed by atoms with Gasteiger partial charge in [0.2, 0.25) is 11.8 Å². The maximum Gasteiger partial charge on any atom is 0.410 e. The molecule has 0 aliphatic heterocycles. The summed E-state index contributed by atoms with van der Waals surface area (Å²) in [7, 11) is -3.18. The molecule has 16 heteroatoms. The number of sulfonamides is 1. The fourth-order valence-electron chi connectivity index (χ4n) is 5.18. The Balaban J connectivity index is 1.24. The summed E-state index contributed by atoms with van der Waals surface area (Å²) < 4.78 is 72.6. The SMILES string of the molecule is COc1ncc(-c2cc(OCCCCCCC(=O)Nc3ccccc3OC(N)=O)c3ncnc(C)c3c2)cc1NS(=O)(=O)c1ccc(F)cc1F. The molecule has 0 saturated carbocycles. The maximum absolute atomic E-state index is 14.4. The largest absolute Gasteiger partial charge is 0.491 e. The first-order valence-corrected chi connectivity index (χ1v) is 17.2. The number of primary amides is 1. The zero-order valence-electron chi connectivity index (χ0n) is 27.6. The topological polar surface area (TPSA) is 185 Å². The van der Waals surface area contributed by atoms with Crippen LogP contribution in [0.3, 0.4) is 0 Å². The normalized spacial score (nSPS) is 11.2. The lowest BCUT2D eigenvalue weighted by atomic mass is 10.0. The van der Waals surface area contributed by atoms with E-state index in [1.54, 1.807) is 24.3 Å². The highest BCUT2D eigenvalue weighted by Crippen LogP contribution is 2.36. The van der Waals surface area contributed by atoms with E-state index in [0.29, 0.717) is 64.7 Å². The van der Waals surface area contributed by atoms with Crippen LogP contribution < -0.4 is 30.0 Å². The van der Waals surface area contributed by atoms with E-state index in [9.17, 15) is 26.8 Å². The first kappa shape index (κ1) is 36.4. The Morgan fingerprint density at radius 2 is 1.67 bits per heavy atom. The molecule has 0 spiro atoms. The predicted molar refractivity (Wildman–Crippen MR) is 185 cm³/mol. The van der Waals surface area contributed by atoms with Crippen molar-refractivity contribution in [1.82, 2.24) is 15.0 Å². The fraction of sp³-hybridized carbons (Fsp3) is 0.229. The quantitative estimate of drug-likeness (QED) is 0.101. The number of hydrogen-bond acceptors (Lipinski definition) is 10. The van der Waals surface area contributed by atoms with E-state index in [2.05, 4.69) is 25.0 Å². The van der Waals surface area contributed by atoms with E-state index < -0.39 is 32.6 Å². The van der Waals surface area contributed by atoms with Crippen molar-refractivity contribution in [3.63, 3.8) is 0 Å². The van der Waals surface area contributed by atoms with Crippen molar-refractivity contribution in [2.24, 2.45) is 5.73 Å². The van der Waals surface area contributed by atoms with Crippen LogP contribution in [0.15, 0.2) is 78.1 Å². The first-order valence-electron chi connectivity index (χ1n) is 15.7. The highest BCUT2D eigenvalue weighted by atomic mass is 32.2. The Hall–Kier alpha value is -5.90. The number of para-hydroxylation sites is 2. The second kappa shape index (κ2) is 16.2. The number of carbonyl (C=O) groups excluding carboxylic acids is 2. The lowest BCUT2D eigenvalue weighted by Gasteiger charge is -2.15. The number of halogens is 2. The van der Waals surface area contributed by atoms with Gasteiger partial charge >= 0.3 is 6.09 Å². The molecule has 0 unspecified atom stereocenters. The summed E-state index contributed by atoms with van der Waals surface area (Å²) in [6.45, 7) is 2.17. The van der Waals surface area contributed by atoms with Crippen molar-refractivity contribution >= 4 is 44.3 Å². The van der Waals surface area contributed by atoms with Crippen LogP contribution in [-0.2, 0) is 14.8 Å². The Morgan fingerprint density at radius 1 is 0.882 bits per heavy atom. The van der Waals surface area contributed by atoms with Crippen molar-refractivity contribution in [3.05, 3.63) is 90.5 Å². The minimum atomic E-state index is -4.49. The number of aryl methyl sites for hydroxylation is 1. The lowest BCUT2D eigenvalue weighted by Crippen LogP contribution is -2.18. The van der Waals surface area contributed by atoms with Crippen LogP contribution in [0.1, 0.15) is 37.8 Å². The van der Waals surface area contributed by atoms with Crippen LogP contribution in [-0.4, -0.2) is 49.1 Å². The molecule has 2 amide bonds. The van der Waals surface area contributed by atoms with Crippen LogP contribution >= 0.6 is 0 Å². The smallest absolute Gasteiger partial charge is 0.410 e. The van der Waals surface area contributed by atoms with Crippen LogP contribution in [0, 0.1) is 18.6 Å². The molecule has 0 aliphatic rings. The number of aromatic nitrogens is 3. The molecule has 0 aliphatic carbocycles. The summed E-state index contributed by atoms with van der Waals surface area (Å²) in [5.74, 6) is -1.83. The molecule has 0 fully saturated rings. The van der Waals surface area contributed by atoms with Gasteiger partial charge in [0.25, 0.3) is 10.0 Å². The van der Waals surface area contributed by atoms with Crippen LogP contribution in [0.25, 0.3) is 22.0 Å². The number of fused-ring (bicyclic) bond motifs is 1. The van der Waals surface area contributed by atoms with Crippen molar-refractivity contribution in [2.75, 3.05) is 23.8 Å². The van der Waals surface area contributed by atoms with Crippen molar-refractivity contribution in [2.45, 2.75) is 43.9 Å². The van der Waals surface area contributed by atoms with E-state index >= 15 is 0 Å². The number of benzene rings is 3. The number of rotatable bonds is 15. The summed E-state index contributed by atoms with van der Waals surface area (Å²) in [6, 6.07) is 13.7. The number of unbranched alkanes of at least 4 members (excludes halogenated alkanes) is 3. The number of ether oxygens (including phenoxy) is 3. The van der Waals surface area contributed by atoms with Crippen molar-refractivity contribution in [1.29, 1.82) is 0 Å². The van der Waals surface area contributed by atoms with Crippen molar-refractivity contribution in [3.8, 4) is 28.5 Å². The summed E-state index contributed by atoms with van der Waals surface area (Å²) in [4.78, 5) is 35.8. The molecular formula is C35H34F2N6O7S. The second-order valence-electron chi connectivity index (χ2n) is 11.3. The molecule has 266 valence electrons. The molecule has 0 atom stereocenters. The average molecular weight is 721 g/mol. The van der Waals surface area contributed by atoms with E-state index in [1.807, 2.05) is 13.0 Å². The van der Waals surface area contributed by atoms with Gasteiger partial charge in [-0.1, -0.05) is 25.0 Å². The van der Waals surface area contributed by atoms with Gasteiger partial charge in [-0.05, 0) is 67.8 Å². The molecule has 2 aromatic heterocycles. The highest BCUT2D eigenvalue weighted by molar-refractivity contribution is 7.92. The minimum Gasteiger partial charge on any atom is -0.491 e. The maximum atomic E-state index is 14.4. The average Bonchev–Trinajstić information content (AvgIpc) is 3.08. The van der Waals surface area contributed by atoms with Gasteiger partial charge in [0, 0.05) is 35.3 Å². The zero-order chi connectivity index (χ0) is 36.5. The summed E-state index contributed by atoms with van der Waals surface area (Å²) >= 11 is 0. The Labute approximate surface area is 292 Å². The number of amides is 2. The van der Waals surface area contributed by atoms with E-state index in [1.165, 1.54) is 31.8 Å². The van der Waals surface area contributed by atoms with E-state index in [4.69, 9.17) is 19.9 Å². The number of methoxy groups -OCH3 is 1. The summed E-state index contributed by atoms with van der Waals surface area (Å²) in [5, 5.41) is 3.43. The standard InChI is InChI=1S/C35H34F2N6O7S/c1-21-25-15-22(23-16-28(34(48-2)39-19-23)43-51(46,47)31-13-12-24(36)18-26(31)37)17-30(33(25)41-20-40-21)49-14-8-4-3-5-11-32(44)42-27-9-6-7-10-29(27)50-35(38)45/h6-7,9-10,12-13,15-20,43H,3-5,8,11,14H2,1-2H3,(H2,38,45)(H,42,44). The monoisotopic (exact) mass is 720 g/mol. The molecule has 3 aromatic carbocycles. The molecule has 5 aromatic rings. The molecular weight excluding hydrogens is 686 g/mol. The molecule has 0 saturated heterocycles. The Morgan fingerprint density at radius 3 is 2.43 bits per heavy atom. The lowest BCUT2D eigenvalue weighted by molar-refractivity contribution is -0.116. The first-order chi connectivity index (χ1) is 24.4. The summed E-state index contributed by atoms with van der Waals surface area (Å²) in [5.41, 5.74) is 7.72. The Kier molecular flexibility index (Phi) is 11.6. The number of hydrogen-bond donors (Lipinski definition) is 3. The number of nitrogens with zero attached hydrogens (tertiary/aromatic N) is 3. The number of anilines is 2. The van der Waals surface area contributed by atoms with Crippen molar-refractivity contribution < 1.29 is 41.0 Å². The fourth-order valence-corrected chi connectivity index (χ4v) is 6.29. The van der Waals surface area contributed by atoms with Gasteiger partial charge in [0.05, 0.1) is 19.4 Å². The molecule has 51 heavy (non-hydrogen) atoms. The summed E-state index contributed by atoms with van der Waals surface area (Å²) in [6.07, 6.45) is 5.06. The predicted octanol–water partition coefficient (Wildman–Crippen LogP) is 6.51. The van der Waals surface area contributed by atoms with Gasteiger partial charge < -0.3 is 25.3 Å². The van der Waals surface area contributed by atoms with Gasteiger partial charge in [-0.15, -0.1) is 0 Å². The number of nitrogens with two attached hydrogens (primary N) is 1. The van der Waals surface area contributed by atoms with Gasteiger partial charge in [0.1, 0.15) is 39.8 Å². The molecule has 5 rings (SSSR count). The Bertz CT molecular complexity index is 2190. The molecule has 2 heterocycles. The molecule has 0 radical (unpaired) electrons. The number of pyridine rings is 1. The van der Waals surface area contributed by atoms with Gasteiger partial charge in [-0.2, -0.15) is 0 Å². The molecule has 13 nitrogen and oxygen atoms in total. The number of carbonyl (C=O) groups is 2. The second-order valence-corrected chi connectivity index (χ2v) is 12.9. The third kappa shape index (κ3) is 9.21. The molecule has 4 N–H and O–H groups in total. The van der Waals surface area contributed by atoms with E-state index in [0.717, 1.165) is 25.0 Å². The van der Waals surface area contributed by atoms with Gasteiger partial charge in [-0.3, -0.25) is 9.52 Å². The van der Waals surface area contributed by atoms with Crippen LogP contribution in [0.5, 0.6) is 17.4 Å². The van der Waals surface area contributed by atoms with Crippen LogP contribution in [0.4, 0.5) is 25.0 Å². The van der Waals surface area contributed by atoms with Crippen LogP contribution in [0.2, 0.25) is 0 Å². The molecule has 0 bridgehead atoms. The third-order valence-electron chi connectivity index (χ3n) is 7.64. The highest BCUT2D eigenvalue weighted by Gasteiger charge is 2.23. The zero-order valence-corrected chi connectivity index (χ0v) is 28.4. The number of nitrogens with one attached hydrogen (secondary N) is 2. The van der Waals surface area contributed by atoms with E-state index in [-0.39, 0.29) is 29.6 Å². The minimum absolute atomic E-state index is 0.0685. The third-order valence-corrected chi connectivity index (χ3v) is 9.03.